The van der Waals surface area contributed by atoms with E-state index in [-0.39, 0.29) is 17.2 Å². The molecule has 4 N–H and O–H groups in total. The Kier molecular flexibility index (Phi) is 5.86. The van der Waals surface area contributed by atoms with E-state index < -0.39 is 23.4 Å². The van der Waals surface area contributed by atoms with E-state index in [2.05, 4.69) is 20.6 Å². The van der Waals surface area contributed by atoms with Crippen LogP contribution in [0.2, 0.25) is 0 Å². The third-order valence-electron chi connectivity index (χ3n) is 5.10. The number of fused-ring (bicyclic) bond motifs is 1. The van der Waals surface area contributed by atoms with Crippen molar-refractivity contribution in [2.45, 2.75) is 13.0 Å². The van der Waals surface area contributed by atoms with Gasteiger partial charge in [0.15, 0.2) is 11.6 Å². The number of carboxylic acids is 1. The van der Waals surface area contributed by atoms with Gasteiger partial charge in [0.2, 0.25) is 0 Å². The first-order chi connectivity index (χ1) is 15.8. The van der Waals surface area contributed by atoms with E-state index in [1.807, 2.05) is 13.0 Å². The molecular weight excluding hydrogens is 427 g/mol. The Morgan fingerprint density at radius 1 is 1.03 bits per heavy atom. The zero-order valence-corrected chi connectivity index (χ0v) is 17.4. The summed E-state index contributed by atoms with van der Waals surface area (Å²) in [4.78, 5) is 32.3. The quantitative estimate of drug-likeness (QED) is 0.341. The van der Waals surface area contributed by atoms with Crippen LogP contribution < -0.4 is 10.6 Å². The first-order valence-corrected chi connectivity index (χ1v) is 9.97. The Labute approximate surface area is 187 Å². The Morgan fingerprint density at radius 2 is 1.82 bits per heavy atom. The van der Waals surface area contributed by atoms with Crippen LogP contribution in [0.15, 0.2) is 67.0 Å². The van der Waals surface area contributed by atoms with Crippen molar-refractivity contribution >= 4 is 34.3 Å². The number of phenols is 1. The molecular formula is C24H19FN4O4. The van der Waals surface area contributed by atoms with Crippen LogP contribution in [-0.4, -0.2) is 32.1 Å². The lowest BCUT2D eigenvalue weighted by atomic mass is 10.1. The van der Waals surface area contributed by atoms with Crippen LogP contribution in [0.1, 0.15) is 39.2 Å². The van der Waals surface area contributed by atoms with E-state index in [0.717, 1.165) is 17.7 Å². The number of hydrogen-bond donors (Lipinski definition) is 4. The summed E-state index contributed by atoms with van der Waals surface area (Å²) in [5.74, 6) is -2.52. The topological polar surface area (TPSA) is 124 Å². The number of carbonyl (C=O) groups is 2. The number of anilines is 2. The Balaban J connectivity index is 1.55. The number of hydrogen-bond acceptors (Lipinski definition) is 6. The lowest BCUT2D eigenvalue weighted by molar-refractivity contribution is 0.0698. The Morgan fingerprint density at radius 3 is 2.58 bits per heavy atom. The van der Waals surface area contributed by atoms with Crippen molar-refractivity contribution in [3.63, 3.8) is 0 Å². The first-order valence-electron chi connectivity index (χ1n) is 9.97. The standard InChI is InChI=1S/C24H19FN4O4/c1-13(28-22-17-6-3-7-18(24(32)33)21(17)26-12-27-22)14-4-2-5-16(10-14)29-23(31)15-8-9-20(30)19(25)11-15/h2-13,30H,1H3,(H,29,31)(H,32,33)(H,26,27,28). The number of rotatable bonds is 6. The lowest BCUT2D eigenvalue weighted by Crippen LogP contribution is -2.13. The summed E-state index contributed by atoms with van der Waals surface area (Å²) in [6.07, 6.45) is 1.30. The zero-order valence-electron chi connectivity index (χ0n) is 17.4. The van der Waals surface area contributed by atoms with Crippen LogP contribution in [-0.2, 0) is 0 Å². The van der Waals surface area contributed by atoms with Gasteiger partial charge >= 0.3 is 5.97 Å². The molecule has 1 heterocycles. The highest BCUT2D eigenvalue weighted by atomic mass is 19.1. The van der Waals surface area contributed by atoms with Crippen molar-refractivity contribution in [1.82, 2.24) is 9.97 Å². The molecule has 0 aliphatic heterocycles. The summed E-state index contributed by atoms with van der Waals surface area (Å²) in [7, 11) is 0. The molecule has 0 saturated carbocycles. The molecule has 0 spiro atoms. The van der Waals surface area contributed by atoms with Crippen LogP contribution in [0.3, 0.4) is 0 Å². The minimum absolute atomic E-state index is 0.0727. The molecule has 1 unspecified atom stereocenters. The van der Waals surface area contributed by atoms with Gasteiger partial charge in [-0.2, -0.15) is 0 Å². The average Bonchev–Trinajstić information content (AvgIpc) is 2.80. The number of aromatic hydroxyl groups is 1. The number of nitrogens with zero attached hydrogens (tertiary/aromatic N) is 2. The van der Waals surface area contributed by atoms with Gasteiger partial charge in [-0.05, 0) is 55.0 Å². The third-order valence-corrected chi connectivity index (χ3v) is 5.10. The van der Waals surface area contributed by atoms with Gasteiger partial charge in [0.25, 0.3) is 5.91 Å². The summed E-state index contributed by atoms with van der Waals surface area (Å²) in [5, 5.41) is 25.2. The number of aromatic nitrogens is 2. The van der Waals surface area contributed by atoms with Crippen LogP contribution in [0.5, 0.6) is 5.75 Å². The highest BCUT2D eigenvalue weighted by Gasteiger charge is 2.15. The molecule has 0 aliphatic rings. The van der Waals surface area contributed by atoms with Crippen molar-refractivity contribution in [1.29, 1.82) is 0 Å². The van der Waals surface area contributed by atoms with Crippen LogP contribution in [0.4, 0.5) is 15.9 Å². The second-order valence-corrected chi connectivity index (χ2v) is 7.34. The number of carbonyl (C=O) groups excluding carboxylic acids is 1. The van der Waals surface area contributed by atoms with Gasteiger partial charge < -0.3 is 20.8 Å². The van der Waals surface area contributed by atoms with E-state index in [9.17, 15) is 24.2 Å². The van der Waals surface area contributed by atoms with Gasteiger partial charge in [-0.15, -0.1) is 0 Å². The maximum atomic E-state index is 13.6. The van der Waals surface area contributed by atoms with Crippen molar-refractivity contribution in [2.75, 3.05) is 10.6 Å². The molecule has 4 rings (SSSR count). The van der Waals surface area contributed by atoms with Gasteiger partial charge in [-0.3, -0.25) is 4.79 Å². The smallest absolute Gasteiger partial charge is 0.337 e. The lowest BCUT2D eigenvalue weighted by Gasteiger charge is -2.17. The molecule has 1 aromatic heterocycles. The van der Waals surface area contributed by atoms with Gasteiger partial charge in [0.05, 0.1) is 17.1 Å². The second-order valence-electron chi connectivity index (χ2n) is 7.34. The molecule has 1 atom stereocenters. The molecule has 166 valence electrons. The van der Waals surface area contributed by atoms with Crippen molar-refractivity contribution in [3.8, 4) is 5.75 Å². The monoisotopic (exact) mass is 446 g/mol. The van der Waals surface area contributed by atoms with Crippen LogP contribution >= 0.6 is 0 Å². The third kappa shape index (κ3) is 4.57. The predicted octanol–water partition coefficient (Wildman–Crippen LogP) is 4.60. The summed E-state index contributed by atoms with van der Waals surface area (Å²) < 4.78 is 13.6. The zero-order chi connectivity index (χ0) is 23.5. The van der Waals surface area contributed by atoms with Crippen LogP contribution in [0.25, 0.3) is 10.9 Å². The van der Waals surface area contributed by atoms with E-state index in [1.54, 1.807) is 30.3 Å². The normalized spacial score (nSPS) is 11.7. The number of carboxylic acid groups (broad SMARTS) is 1. The highest BCUT2D eigenvalue weighted by Crippen LogP contribution is 2.27. The maximum Gasteiger partial charge on any atom is 0.337 e. The minimum atomic E-state index is -1.07. The largest absolute Gasteiger partial charge is 0.505 e. The second kappa shape index (κ2) is 8.91. The van der Waals surface area contributed by atoms with E-state index in [4.69, 9.17) is 0 Å². The fourth-order valence-electron chi connectivity index (χ4n) is 3.40. The highest BCUT2D eigenvalue weighted by molar-refractivity contribution is 6.05. The van der Waals surface area contributed by atoms with E-state index in [1.165, 1.54) is 18.5 Å². The number of benzene rings is 3. The molecule has 9 heteroatoms. The summed E-state index contributed by atoms with van der Waals surface area (Å²) >= 11 is 0. The SMILES string of the molecule is CC(Nc1ncnc2c(C(=O)O)cccc12)c1cccc(NC(=O)c2ccc(O)c(F)c2)c1. The minimum Gasteiger partial charge on any atom is -0.505 e. The predicted molar refractivity (Wildman–Crippen MR) is 121 cm³/mol. The number of nitrogens with one attached hydrogen (secondary N) is 2. The van der Waals surface area contributed by atoms with E-state index in [0.29, 0.717) is 22.4 Å². The summed E-state index contributed by atoms with van der Waals surface area (Å²) in [6.45, 7) is 1.89. The van der Waals surface area contributed by atoms with E-state index >= 15 is 0 Å². The number of halogens is 1. The molecule has 4 aromatic rings. The summed E-state index contributed by atoms with van der Waals surface area (Å²) in [6, 6.07) is 15.1. The molecule has 0 radical (unpaired) electrons. The number of amides is 1. The van der Waals surface area contributed by atoms with Crippen molar-refractivity contribution in [3.05, 3.63) is 89.5 Å². The number of aromatic carboxylic acids is 1. The molecule has 0 aliphatic carbocycles. The molecule has 8 nitrogen and oxygen atoms in total. The Bertz CT molecular complexity index is 1380. The average molecular weight is 446 g/mol. The molecule has 33 heavy (non-hydrogen) atoms. The fraction of sp³-hybridized carbons (Fsp3) is 0.0833. The Hall–Kier alpha value is -4.53. The molecule has 3 aromatic carbocycles. The molecule has 0 saturated heterocycles. The van der Waals surface area contributed by atoms with Crippen molar-refractivity contribution in [2.24, 2.45) is 0 Å². The van der Waals surface area contributed by atoms with Crippen LogP contribution in [0, 0.1) is 5.82 Å². The molecule has 1 amide bonds. The molecule has 0 fully saturated rings. The number of para-hydroxylation sites is 1. The first kappa shape index (κ1) is 21.7. The van der Waals surface area contributed by atoms with Gasteiger partial charge in [0, 0.05) is 16.6 Å². The number of phenolic OH excluding ortho intramolecular Hbond substituents is 1. The maximum absolute atomic E-state index is 13.6. The van der Waals surface area contributed by atoms with Crippen molar-refractivity contribution < 1.29 is 24.2 Å². The van der Waals surface area contributed by atoms with Gasteiger partial charge in [-0.25, -0.2) is 19.2 Å². The van der Waals surface area contributed by atoms with Gasteiger partial charge in [0.1, 0.15) is 12.1 Å². The van der Waals surface area contributed by atoms with Gasteiger partial charge in [-0.1, -0.05) is 18.2 Å². The fourth-order valence-corrected chi connectivity index (χ4v) is 3.40. The summed E-state index contributed by atoms with van der Waals surface area (Å²) in [5.41, 5.74) is 1.81. The molecule has 0 bridgehead atoms.